The van der Waals surface area contributed by atoms with Crippen LogP contribution >= 0.6 is 11.6 Å². The van der Waals surface area contributed by atoms with Gasteiger partial charge in [0, 0.05) is 5.41 Å². The first-order chi connectivity index (χ1) is 6.51. The fourth-order valence-electron chi connectivity index (χ4n) is 1.17. The smallest absolute Gasteiger partial charge is 0.137 e. The van der Waals surface area contributed by atoms with Crippen molar-refractivity contribution >= 4 is 11.6 Å². The Kier molecular flexibility index (Phi) is 3.40. The molecule has 1 aromatic rings. The van der Waals surface area contributed by atoms with Crippen molar-refractivity contribution in [3.8, 4) is 5.75 Å². The third kappa shape index (κ3) is 2.20. The molecular weight excluding hydrogens is 200 g/mol. The number of halogens is 1. The molecule has 78 valence electrons. The van der Waals surface area contributed by atoms with Crippen LogP contribution in [-0.4, -0.2) is 18.8 Å². The second-order valence-corrected chi connectivity index (χ2v) is 4.30. The van der Waals surface area contributed by atoms with Gasteiger partial charge in [0.1, 0.15) is 5.75 Å². The SMILES string of the molecule is COc1cc(C(C)(C)CO)ccc1Cl. The van der Waals surface area contributed by atoms with Crippen LogP contribution in [0.15, 0.2) is 18.2 Å². The Balaban J connectivity index is 3.12. The van der Waals surface area contributed by atoms with Crippen LogP contribution in [-0.2, 0) is 5.41 Å². The van der Waals surface area contributed by atoms with E-state index in [1.807, 2.05) is 26.0 Å². The number of benzene rings is 1. The summed E-state index contributed by atoms with van der Waals surface area (Å²) in [6.45, 7) is 4.03. The van der Waals surface area contributed by atoms with Crippen molar-refractivity contribution in [3.63, 3.8) is 0 Å². The van der Waals surface area contributed by atoms with Crippen LogP contribution in [0, 0.1) is 0 Å². The first-order valence-electron chi connectivity index (χ1n) is 4.46. The Morgan fingerprint density at radius 1 is 1.43 bits per heavy atom. The second-order valence-electron chi connectivity index (χ2n) is 3.89. The van der Waals surface area contributed by atoms with Crippen LogP contribution in [0.25, 0.3) is 0 Å². The molecule has 0 aliphatic rings. The van der Waals surface area contributed by atoms with Crippen LogP contribution in [0.3, 0.4) is 0 Å². The number of aliphatic hydroxyl groups excluding tert-OH is 1. The zero-order valence-corrected chi connectivity index (χ0v) is 9.43. The third-order valence-electron chi connectivity index (χ3n) is 2.33. The van der Waals surface area contributed by atoms with Crippen molar-refractivity contribution in [2.75, 3.05) is 13.7 Å². The molecule has 1 N–H and O–H groups in total. The lowest BCUT2D eigenvalue weighted by Gasteiger charge is -2.22. The summed E-state index contributed by atoms with van der Waals surface area (Å²) in [6.07, 6.45) is 0. The monoisotopic (exact) mass is 214 g/mol. The molecule has 0 atom stereocenters. The average molecular weight is 215 g/mol. The van der Waals surface area contributed by atoms with Crippen molar-refractivity contribution in [2.24, 2.45) is 0 Å². The van der Waals surface area contributed by atoms with Gasteiger partial charge in [-0.2, -0.15) is 0 Å². The Labute approximate surface area is 89.5 Å². The zero-order chi connectivity index (χ0) is 10.8. The van der Waals surface area contributed by atoms with E-state index in [0.717, 1.165) is 5.56 Å². The predicted molar refractivity (Wildman–Crippen MR) is 58.1 cm³/mol. The molecule has 0 radical (unpaired) electrons. The van der Waals surface area contributed by atoms with E-state index in [9.17, 15) is 5.11 Å². The van der Waals surface area contributed by atoms with E-state index in [4.69, 9.17) is 16.3 Å². The minimum Gasteiger partial charge on any atom is -0.495 e. The Bertz CT molecular complexity index is 321. The minimum absolute atomic E-state index is 0.0950. The zero-order valence-electron chi connectivity index (χ0n) is 8.67. The normalized spacial score (nSPS) is 11.5. The van der Waals surface area contributed by atoms with E-state index in [1.54, 1.807) is 13.2 Å². The van der Waals surface area contributed by atoms with E-state index < -0.39 is 0 Å². The van der Waals surface area contributed by atoms with Gasteiger partial charge in [-0.15, -0.1) is 0 Å². The molecule has 0 spiro atoms. The number of rotatable bonds is 3. The maximum absolute atomic E-state index is 9.21. The van der Waals surface area contributed by atoms with E-state index in [0.29, 0.717) is 10.8 Å². The largest absolute Gasteiger partial charge is 0.495 e. The van der Waals surface area contributed by atoms with Crippen LogP contribution < -0.4 is 4.74 Å². The summed E-state index contributed by atoms with van der Waals surface area (Å²) >= 11 is 5.90. The molecule has 2 nitrogen and oxygen atoms in total. The standard InChI is InChI=1S/C11H15ClO2/c1-11(2,7-13)8-4-5-9(12)10(6-8)14-3/h4-6,13H,7H2,1-3H3. The number of hydrogen-bond acceptors (Lipinski definition) is 2. The lowest BCUT2D eigenvalue weighted by molar-refractivity contribution is 0.218. The molecule has 0 amide bonds. The molecule has 0 fully saturated rings. The maximum atomic E-state index is 9.21. The van der Waals surface area contributed by atoms with Crippen LogP contribution in [0.4, 0.5) is 0 Å². The minimum atomic E-state index is -0.266. The number of methoxy groups -OCH3 is 1. The molecule has 0 heterocycles. The highest BCUT2D eigenvalue weighted by atomic mass is 35.5. The van der Waals surface area contributed by atoms with Gasteiger partial charge in [0.2, 0.25) is 0 Å². The van der Waals surface area contributed by atoms with Crippen molar-refractivity contribution < 1.29 is 9.84 Å². The molecule has 1 aromatic carbocycles. The number of hydrogen-bond donors (Lipinski definition) is 1. The third-order valence-corrected chi connectivity index (χ3v) is 2.64. The average Bonchev–Trinajstić information content (AvgIpc) is 2.18. The summed E-state index contributed by atoms with van der Waals surface area (Å²) in [4.78, 5) is 0. The van der Waals surface area contributed by atoms with Gasteiger partial charge in [0.05, 0.1) is 18.7 Å². The maximum Gasteiger partial charge on any atom is 0.137 e. The topological polar surface area (TPSA) is 29.5 Å². The first kappa shape index (κ1) is 11.3. The molecule has 0 unspecified atom stereocenters. The van der Waals surface area contributed by atoms with E-state index in [2.05, 4.69) is 0 Å². The fraction of sp³-hybridized carbons (Fsp3) is 0.455. The highest BCUT2D eigenvalue weighted by Crippen LogP contribution is 2.31. The van der Waals surface area contributed by atoms with Gasteiger partial charge < -0.3 is 9.84 Å². The summed E-state index contributed by atoms with van der Waals surface area (Å²) in [5.74, 6) is 0.644. The van der Waals surface area contributed by atoms with Crippen molar-refractivity contribution in [1.29, 1.82) is 0 Å². The summed E-state index contributed by atoms with van der Waals surface area (Å²) in [6, 6.07) is 5.55. The number of aliphatic hydroxyl groups is 1. The fourth-order valence-corrected chi connectivity index (χ4v) is 1.37. The van der Waals surface area contributed by atoms with Gasteiger partial charge >= 0.3 is 0 Å². The van der Waals surface area contributed by atoms with Crippen molar-refractivity contribution in [3.05, 3.63) is 28.8 Å². The Morgan fingerprint density at radius 2 is 2.07 bits per heavy atom. The van der Waals surface area contributed by atoms with Gasteiger partial charge in [-0.05, 0) is 17.7 Å². The van der Waals surface area contributed by atoms with Crippen LogP contribution in [0.1, 0.15) is 19.4 Å². The van der Waals surface area contributed by atoms with Crippen molar-refractivity contribution in [2.45, 2.75) is 19.3 Å². The summed E-state index contributed by atoms with van der Waals surface area (Å²) in [5.41, 5.74) is 0.749. The Morgan fingerprint density at radius 3 is 2.57 bits per heavy atom. The highest BCUT2D eigenvalue weighted by molar-refractivity contribution is 6.32. The molecule has 0 saturated heterocycles. The lowest BCUT2D eigenvalue weighted by atomic mass is 9.85. The van der Waals surface area contributed by atoms with Crippen LogP contribution in [0.2, 0.25) is 5.02 Å². The molecule has 0 bridgehead atoms. The summed E-state index contributed by atoms with van der Waals surface area (Å²) in [7, 11) is 1.58. The molecule has 0 aliphatic heterocycles. The van der Waals surface area contributed by atoms with E-state index in [-0.39, 0.29) is 12.0 Å². The molecule has 14 heavy (non-hydrogen) atoms. The van der Waals surface area contributed by atoms with Gasteiger partial charge in [-0.25, -0.2) is 0 Å². The van der Waals surface area contributed by atoms with Gasteiger partial charge in [-0.3, -0.25) is 0 Å². The van der Waals surface area contributed by atoms with Gasteiger partial charge in [0.25, 0.3) is 0 Å². The second kappa shape index (κ2) is 4.20. The summed E-state index contributed by atoms with van der Waals surface area (Å²) < 4.78 is 5.11. The van der Waals surface area contributed by atoms with Gasteiger partial charge in [-0.1, -0.05) is 31.5 Å². The van der Waals surface area contributed by atoms with Gasteiger partial charge in [0.15, 0.2) is 0 Å². The molecule has 0 aliphatic carbocycles. The molecular formula is C11H15ClO2. The first-order valence-corrected chi connectivity index (χ1v) is 4.84. The Hall–Kier alpha value is -0.730. The van der Waals surface area contributed by atoms with Crippen LogP contribution in [0.5, 0.6) is 5.75 Å². The van der Waals surface area contributed by atoms with E-state index >= 15 is 0 Å². The molecule has 3 heteroatoms. The van der Waals surface area contributed by atoms with E-state index in [1.165, 1.54) is 0 Å². The summed E-state index contributed by atoms with van der Waals surface area (Å²) in [5, 5.41) is 9.79. The predicted octanol–water partition coefficient (Wildman–Crippen LogP) is 2.62. The highest BCUT2D eigenvalue weighted by Gasteiger charge is 2.20. The molecule has 0 aromatic heterocycles. The number of ether oxygens (including phenoxy) is 1. The lowest BCUT2D eigenvalue weighted by Crippen LogP contribution is -2.21. The molecule has 0 saturated carbocycles. The van der Waals surface area contributed by atoms with Crippen molar-refractivity contribution in [1.82, 2.24) is 0 Å². The quantitative estimate of drug-likeness (QED) is 0.838. The molecule has 1 rings (SSSR count).